The maximum Gasteiger partial charge on any atom is 0.171 e. The minimum Gasteiger partial charge on any atom is -0.456 e. The van der Waals surface area contributed by atoms with Gasteiger partial charge in [-0.1, -0.05) is 163 Å². The summed E-state index contributed by atoms with van der Waals surface area (Å²) in [4.78, 5) is 17.8. The summed E-state index contributed by atoms with van der Waals surface area (Å²) in [5.74, 6) is 1.82. The number of rotatable bonds is 4. The smallest absolute Gasteiger partial charge is 0.171 e. The van der Waals surface area contributed by atoms with Crippen LogP contribution in [0.2, 0.25) is 0 Å². The molecule has 0 fully saturated rings. The van der Waals surface area contributed by atoms with Crippen molar-refractivity contribution < 1.29 is 8.98 Å². The summed E-state index contributed by atoms with van der Waals surface area (Å²) in [5, 5.41) is 6.86. The van der Waals surface area contributed by atoms with Crippen molar-refractivity contribution >= 4 is 88.3 Å². The molecule has 66 heavy (non-hydrogen) atoms. The van der Waals surface area contributed by atoms with Crippen molar-refractivity contribution in [3.63, 3.8) is 0 Å². The van der Waals surface area contributed by atoms with Crippen LogP contribution in [0.5, 0.6) is 0 Å². The second-order valence-electron chi connectivity index (χ2n) is 17.0. The zero-order valence-corrected chi connectivity index (χ0v) is 37.6. The summed E-state index contributed by atoms with van der Waals surface area (Å²) < 4.78 is 25.7. The van der Waals surface area contributed by atoms with E-state index in [2.05, 4.69) is 127 Å². The van der Waals surface area contributed by atoms with Gasteiger partial charge in [0.15, 0.2) is 24.6 Å². The number of fused-ring (bicyclic) bond motifs is 14. The molecule has 3 aromatic heterocycles. The van der Waals surface area contributed by atoms with Gasteiger partial charge in [-0.3, -0.25) is 0 Å². The molecule has 0 radical (unpaired) electrons. The summed E-state index contributed by atoms with van der Waals surface area (Å²) in [5.41, 5.74) is 7.70. The van der Waals surface area contributed by atoms with Gasteiger partial charge in [0.2, 0.25) is 0 Å². The second-order valence-corrected chi connectivity index (χ2v) is 21.8. The van der Waals surface area contributed by atoms with Crippen molar-refractivity contribution in [2.75, 3.05) is 0 Å². The van der Waals surface area contributed by atoms with Gasteiger partial charge in [0.05, 0.1) is 5.41 Å². The maximum atomic E-state index is 16.6. The number of hydrogen-bond acceptors (Lipinski definition) is 7. The van der Waals surface area contributed by atoms with Crippen LogP contribution in [0, 0.1) is 0 Å². The lowest BCUT2D eigenvalue weighted by Gasteiger charge is -2.47. The van der Waals surface area contributed by atoms with Crippen LogP contribution >= 0.6 is 30.2 Å². The summed E-state index contributed by atoms with van der Waals surface area (Å²) >= 11 is 3.56. The fraction of sp³-hybridized carbons (Fsp3) is 0.0172. The van der Waals surface area contributed by atoms with Gasteiger partial charge < -0.3 is 8.98 Å². The molecule has 0 saturated carbocycles. The molecule has 0 aliphatic carbocycles. The molecule has 5 heterocycles. The van der Waals surface area contributed by atoms with Crippen molar-refractivity contribution in [3.8, 4) is 34.2 Å². The Morgan fingerprint density at radius 3 is 1.86 bits per heavy atom. The van der Waals surface area contributed by atoms with Crippen LogP contribution in [0.1, 0.15) is 22.3 Å². The van der Waals surface area contributed by atoms with Crippen molar-refractivity contribution in [1.29, 1.82) is 0 Å². The van der Waals surface area contributed by atoms with Crippen LogP contribution in [-0.4, -0.2) is 15.0 Å². The van der Waals surface area contributed by atoms with Crippen LogP contribution in [0.4, 0.5) is 0 Å². The Balaban J connectivity index is 1.03. The zero-order valence-electron chi connectivity index (χ0n) is 35.1. The third kappa shape index (κ3) is 5.36. The first-order valence-corrected chi connectivity index (χ1v) is 25.3. The lowest BCUT2D eigenvalue weighted by atomic mass is 9.64. The van der Waals surface area contributed by atoms with E-state index in [1.54, 1.807) is 23.1 Å². The van der Waals surface area contributed by atoms with Gasteiger partial charge in [-0.2, -0.15) is 0 Å². The van der Waals surface area contributed by atoms with Crippen molar-refractivity contribution in [2.45, 2.75) is 15.2 Å². The van der Waals surface area contributed by atoms with E-state index in [4.69, 9.17) is 19.4 Å². The third-order valence-corrected chi connectivity index (χ3v) is 18.9. The Labute approximate surface area is 387 Å². The highest BCUT2D eigenvalue weighted by Gasteiger charge is 2.54. The Kier molecular flexibility index (Phi) is 8.21. The molecule has 1 spiro atoms. The highest BCUT2D eigenvalue weighted by atomic mass is 32.2. The van der Waals surface area contributed by atoms with Gasteiger partial charge in [-0.25, -0.2) is 15.0 Å². The normalized spacial score (nSPS) is 17.2. The number of aromatic nitrogens is 3. The summed E-state index contributed by atoms with van der Waals surface area (Å²) in [6, 6.07) is 71.6. The molecule has 8 heteroatoms. The van der Waals surface area contributed by atoms with E-state index in [-0.39, 0.29) is 0 Å². The number of hydrogen-bond donors (Lipinski definition) is 0. The Morgan fingerprint density at radius 1 is 0.409 bits per heavy atom. The van der Waals surface area contributed by atoms with E-state index in [0.29, 0.717) is 17.5 Å². The zero-order chi connectivity index (χ0) is 43.6. The van der Waals surface area contributed by atoms with Gasteiger partial charge >= 0.3 is 0 Å². The SMILES string of the molecule is O=P1(c2ccccc2)c2ccccc2C2(c3ccccc3Sc3cc(-c4nc(-c5ccccc5)nc(-c5ccc6sc7ccccc7c6c5)n4)ccc32)c2cc3c(cc21)oc1ccccc13. The van der Waals surface area contributed by atoms with Crippen LogP contribution in [0.25, 0.3) is 76.3 Å². The van der Waals surface area contributed by atoms with E-state index in [9.17, 15) is 0 Å². The van der Waals surface area contributed by atoms with Crippen molar-refractivity contribution in [2.24, 2.45) is 0 Å². The molecule has 0 N–H and O–H groups in total. The molecule has 5 nitrogen and oxygen atoms in total. The molecule has 9 aromatic carbocycles. The minimum absolute atomic E-state index is 0.593. The van der Waals surface area contributed by atoms with Crippen molar-refractivity contribution in [3.05, 3.63) is 229 Å². The van der Waals surface area contributed by atoms with Gasteiger partial charge in [0.25, 0.3) is 0 Å². The molecule has 2 aliphatic heterocycles. The molecule has 2 unspecified atom stereocenters. The fourth-order valence-corrected chi connectivity index (χ4v) is 16.0. The predicted molar refractivity (Wildman–Crippen MR) is 272 cm³/mol. The van der Waals surface area contributed by atoms with Gasteiger partial charge in [-0.15, -0.1) is 11.3 Å². The Hall–Kier alpha value is -7.41. The quantitative estimate of drug-likeness (QED) is 0.164. The number of benzene rings is 9. The number of para-hydroxylation sites is 1. The van der Waals surface area contributed by atoms with E-state index in [1.165, 1.54) is 20.2 Å². The topological polar surface area (TPSA) is 68.9 Å². The first-order chi connectivity index (χ1) is 32.6. The van der Waals surface area contributed by atoms with Crippen molar-refractivity contribution in [1.82, 2.24) is 15.0 Å². The monoisotopic (exact) mass is 899 g/mol. The predicted octanol–water partition coefficient (Wildman–Crippen LogP) is 13.9. The van der Waals surface area contributed by atoms with Gasteiger partial charge in [-0.05, 0) is 76.9 Å². The summed E-state index contributed by atoms with van der Waals surface area (Å²) in [7, 11) is -3.46. The van der Waals surface area contributed by atoms with E-state index >= 15 is 4.57 Å². The van der Waals surface area contributed by atoms with Crippen LogP contribution in [-0.2, 0) is 9.98 Å². The molecule has 0 amide bonds. The number of furan rings is 1. The van der Waals surface area contributed by atoms with E-state index in [0.717, 1.165) is 86.6 Å². The van der Waals surface area contributed by atoms with Gasteiger partial charge in [0, 0.05) is 73.3 Å². The first-order valence-electron chi connectivity index (χ1n) is 21.9. The molecular formula is C58H34N3O2PS2. The molecule has 2 atom stereocenters. The van der Waals surface area contributed by atoms with Crippen LogP contribution < -0.4 is 15.9 Å². The highest BCUT2D eigenvalue weighted by Crippen LogP contribution is 2.62. The lowest BCUT2D eigenvalue weighted by molar-refractivity contribution is 0.589. The maximum absolute atomic E-state index is 16.6. The summed E-state index contributed by atoms with van der Waals surface area (Å²) in [6.07, 6.45) is 0. The Bertz CT molecular complexity index is 4030. The molecular weight excluding hydrogens is 866 g/mol. The van der Waals surface area contributed by atoms with E-state index < -0.39 is 12.6 Å². The number of thiophene rings is 1. The highest BCUT2D eigenvalue weighted by molar-refractivity contribution is 7.99. The van der Waals surface area contributed by atoms with Crippen LogP contribution in [0.3, 0.4) is 0 Å². The third-order valence-electron chi connectivity index (χ3n) is 13.5. The average molecular weight is 900 g/mol. The molecule has 14 rings (SSSR count). The molecule has 0 saturated heterocycles. The summed E-state index contributed by atoms with van der Waals surface area (Å²) in [6.45, 7) is 0. The largest absolute Gasteiger partial charge is 0.456 e. The molecule has 0 bridgehead atoms. The van der Waals surface area contributed by atoms with E-state index in [1.807, 2.05) is 78.9 Å². The Morgan fingerprint density at radius 2 is 1.03 bits per heavy atom. The fourth-order valence-electron chi connectivity index (χ4n) is 10.6. The molecule has 2 aliphatic rings. The minimum atomic E-state index is -3.46. The lowest BCUT2D eigenvalue weighted by Crippen LogP contribution is -2.48. The van der Waals surface area contributed by atoms with Gasteiger partial charge in [0.1, 0.15) is 11.2 Å². The second kappa shape index (κ2) is 14.3. The first kappa shape index (κ1) is 37.9. The standard InChI is InChI=1S/C58H34N3O2PS2/c62-64(38-17-5-2-6-18-38)49-24-12-9-21-43(49)58(46-33-41-39-19-7-11-23-47(39)63-48(41)34-50(46)64)44-22-10-14-26-53(44)66-54-32-37(27-29-45(54)58)57-60-55(35-15-3-1-4-16-35)59-56(61-57)36-28-30-52-42(31-36)40-20-8-13-25-51(40)65-52/h1-34H. The molecule has 310 valence electrons. The number of nitrogens with zero attached hydrogens (tertiary/aromatic N) is 3. The molecule has 12 aromatic rings. The average Bonchev–Trinajstić information content (AvgIpc) is 3.95. The van der Waals surface area contributed by atoms with Crippen LogP contribution in [0.15, 0.2) is 220 Å².